The van der Waals surface area contributed by atoms with Crippen LogP contribution in [-0.2, 0) is 4.43 Å². The Hall–Kier alpha value is -2.44. The van der Waals surface area contributed by atoms with Crippen LogP contribution in [0.1, 0.15) is 46.1 Å². The Labute approximate surface area is 174 Å². The fourth-order valence-electron chi connectivity index (χ4n) is 4.67. The van der Waals surface area contributed by atoms with E-state index in [4.69, 9.17) is 10.2 Å². The van der Waals surface area contributed by atoms with E-state index in [9.17, 15) is 0 Å². The van der Waals surface area contributed by atoms with E-state index in [1.807, 2.05) is 4.68 Å². The summed E-state index contributed by atoms with van der Waals surface area (Å²) < 4.78 is 9.15. The van der Waals surface area contributed by atoms with Crippen molar-refractivity contribution in [1.29, 1.82) is 0 Å². The van der Waals surface area contributed by atoms with Crippen molar-refractivity contribution >= 4 is 24.6 Å². The van der Waals surface area contributed by atoms with Gasteiger partial charge in [0, 0.05) is 6.10 Å². The third kappa shape index (κ3) is 3.74. The van der Waals surface area contributed by atoms with Crippen LogP contribution >= 0.6 is 0 Å². The second-order valence-electron chi connectivity index (χ2n) is 8.95. The van der Waals surface area contributed by atoms with E-state index in [2.05, 4.69) is 91.5 Å². The molecule has 3 aromatic rings. The van der Waals surface area contributed by atoms with Crippen LogP contribution in [0.4, 0.5) is 5.95 Å². The molecule has 1 heterocycles. The average molecular weight is 407 g/mol. The number of hydrogen-bond acceptors (Lipinski definition) is 4. The van der Waals surface area contributed by atoms with Gasteiger partial charge in [-0.05, 0) is 34.7 Å². The highest BCUT2D eigenvalue weighted by molar-refractivity contribution is 6.99. The molecule has 1 aromatic heterocycles. The van der Waals surface area contributed by atoms with Gasteiger partial charge in [-0.1, -0.05) is 81.4 Å². The molecule has 1 aliphatic carbocycles. The van der Waals surface area contributed by atoms with Gasteiger partial charge in [-0.2, -0.15) is 0 Å². The minimum absolute atomic E-state index is 0.00846. The van der Waals surface area contributed by atoms with E-state index in [1.54, 1.807) is 6.33 Å². The molecule has 0 saturated heterocycles. The first kappa shape index (κ1) is 19.9. The molecule has 2 atom stereocenters. The van der Waals surface area contributed by atoms with E-state index in [1.165, 1.54) is 10.4 Å². The van der Waals surface area contributed by atoms with Crippen LogP contribution in [0.3, 0.4) is 0 Å². The number of anilines is 1. The van der Waals surface area contributed by atoms with Crippen LogP contribution < -0.4 is 16.1 Å². The van der Waals surface area contributed by atoms with Gasteiger partial charge < -0.3 is 10.2 Å². The van der Waals surface area contributed by atoms with Crippen molar-refractivity contribution < 1.29 is 4.43 Å². The third-order valence-electron chi connectivity index (χ3n) is 6.02. The van der Waals surface area contributed by atoms with Crippen LogP contribution in [0.2, 0.25) is 5.04 Å². The molecule has 2 N–H and O–H groups in total. The van der Waals surface area contributed by atoms with Gasteiger partial charge in [0.15, 0.2) is 0 Å². The number of nitrogens with zero attached hydrogens (tertiary/aromatic N) is 3. The maximum absolute atomic E-state index is 7.24. The summed E-state index contributed by atoms with van der Waals surface area (Å²) in [6, 6.07) is 22.0. The predicted molar refractivity (Wildman–Crippen MR) is 120 cm³/mol. The molecule has 1 saturated carbocycles. The number of nitrogens with two attached hydrogens (primary N) is 1. The van der Waals surface area contributed by atoms with Crippen LogP contribution in [0.25, 0.3) is 0 Å². The third-order valence-corrected chi connectivity index (χ3v) is 11.1. The highest BCUT2D eigenvalue weighted by atomic mass is 28.4. The molecular formula is C23H30N4OSi. The van der Waals surface area contributed by atoms with Gasteiger partial charge >= 0.3 is 0 Å². The fourth-order valence-corrected chi connectivity index (χ4v) is 9.40. The summed E-state index contributed by atoms with van der Waals surface area (Å²) in [7, 11) is -2.51. The molecule has 2 aromatic carbocycles. The summed E-state index contributed by atoms with van der Waals surface area (Å²) in [6.07, 6.45) is 4.93. The van der Waals surface area contributed by atoms with E-state index < -0.39 is 8.32 Å². The lowest BCUT2D eigenvalue weighted by molar-refractivity contribution is 0.189. The zero-order valence-electron chi connectivity index (χ0n) is 17.5. The van der Waals surface area contributed by atoms with E-state index in [0.717, 1.165) is 19.3 Å². The largest absolute Gasteiger partial charge is 0.404 e. The summed E-state index contributed by atoms with van der Waals surface area (Å²) in [5.74, 6) is 0.335. The van der Waals surface area contributed by atoms with Crippen LogP contribution in [0, 0.1) is 0 Å². The molecule has 5 nitrogen and oxygen atoms in total. The Balaban J connectivity index is 1.71. The van der Waals surface area contributed by atoms with Crippen molar-refractivity contribution in [3.8, 4) is 0 Å². The second-order valence-corrected chi connectivity index (χ2v) is 13.2. The highest BCUT2D eigenvalue weighted by Gasteiger charge is 2.52. The average Bonchev–Trinajstić information content (AvgIpc) is 3.35. The summed E-state index contributed by atoms with van der Waals surface area (Å²) in [5.41, 5.74) is 5.72. The van der Waals surface area contributed by atoms with Crippen LogP contribution in [0.5, 0.6) is 0 Å². The molecular weight excluding hydrogens is 376 g/mol. The van der Waals surface area contributed by atoms with E-state index in [-0.39, 0.29) is 11.1 Å². The zero-order chi connectivity index (χ0) is 20.5. The van der Waals surface area contributed by atoms with Crippen molar-refractivity contribution in [2.45, 2.75) is 57.2 Å². The number of benzene rings is 2. The predicted octanol–water partition coefficient (Wildman–Crippen LogP) is 3.53. The molecule has 1 fully saturated rings. The van der Waals surface area contributed by atoms with Gasteiger partial charge in [0.05, 0.1) is 6.04 Å². The van der Waals surface area contributed by atoms with Crippen LogP contribution in [0.15, 0.2) is 67.0 Å². The number of rotatable bonds is 5. The minimum atomic E-state index is -2.51. The molecule has 0 radical (unpaired) electrons. The monoisotopic (exact) mass is 406 g/mol. The Morgan fingerprint density at radius 3 is 2.03 bits per heavy atom. The minimum Gasteiger partial charge on any atom is -0.404 e. The van der Waals surface area contributed by atoms with Crippen molar-refractivity contribution in [2.75, 3.05) is 5.73 Å². The number of aromatic nitrogens is 3. The van der Waals surface area contributed by atoms with Crippen molar-refractivity contribution in [3.63, 3.8) is 0 Å². The molecule has 0 spiro atoms. The Morgan fingerprint density at radius 1 is 0.966 bits per heavy atom. The van der Waals surface area contributed by atoms with Gasteiger partial charge in [-0.25, -0.2) is 9.67 Å². The smallest absolute Gasteiger partial charge is 0.261 e. The summed E-state index contributed by atoms with van der Waals surface area (Å²) in [6.45, 7) is 6.97. The number of nitrogen functional groups attached to an aromatic ring is 1. The van der Waals surface area contributed by atoms with Crippen molar-refractivity contribution in [3.05, 3.63) is 67.0 Å². The maximum Gasteiger partial charge on any atom is 0.261 e. The lowest BCUT2D eigenvalue weighted by Crippen LogP contribution is -2.67. The lowest BCUT2D eigenvalue weighted by atomic mass is 10.2. The van der Waals surface area contributed by atoms with Gasteiger partial charge in [-0.3, -0.25) is 0 Å². The first-order valence-corrected chi connectivity index (χ1v) is 12.3. The van der Waals surface area contributed by atoms with Gasteiger partial charge in [0.25, 0.3) is 8.32 Å². The fraction of sp³-hybridized carbons (Fsp3) is 0.391. The second kappa shape index (κ2) is 7.76. The summed E-state index contributed by atoms with van der Waals surface area (Å²) >= 11 is 0. The topological polar surface area (TPSA) is 66.0 Å². The van der Waals surface area contributed by atoms with Crippen molar-refractivity contribution in [1.82, 2.24) is 14.8 Å². The molecule has 4 rings (SSSR count). The molecule has 1 aliphatic rings. The van der Waals surface area contributed by atoms with Crippen LogP contribution in [-0.4, -0.2) is 29.2 Å². The Kier molecular flexibility index (Phi) is 5.31. The zero-order valence-corrected chi connectivity index (χ0v) is 18.5. The number of hydrogen-bond donors (Lipinski definition) is 1. The molecule has 6 heteroatoms. The van der Waals surface area contributed by atoms with Gasteiger partial charge in [0.2, 0.25) is 5.95 Å². The lowest BCUT2D eigenvalue weighted by Gasteiger charge is -2.44. The molecule has 29 heavy (non-hydrogen) atoms. The molecule has 2 unspecified atom stereocenters. The molecule has 0 bridgehead atoms. The molecule has 152 valence electrons. The first-order valence-electron chi connectivity index (χ1n) is 10.4. The standard InChI is InChI=1S/C23H30N4OSi/c1-23(2,3)29(20-10-6-4-7-11-20,21-12-8-5-9-13-21)28-19-15-14-18(16-19)27-17-25-22(24)26-27/h4-13,17-19H,14-16H2,1-3H3,(H2,24,26). The quantitative estimate of drug-likeness (QED) is 0.658. The maximum atomic E-state index is 7.24. The van der Waals surface area contributed by atoms with Gasteiger partial charge in [-0.15, -0.1) is 5.10 Å². The normalized spacial score (nSPS) is 20.1. The van der Waals surface area contributed by atoms with Gasteiger partial charge in [0.1, 0.15) is 6.33 Å². The first-order chi connectivity index (χ1) is 13.9. The highest BCUT2D eigenvalue weighted by Crippen LogP contribution is 2.41. The summed E-state index contributed by atoms with van der Waals surface area (Å²) in [5, 5.41) is 6.97. The Bertz CT molecular complexity index is 897. The Morgan fingerprint density at radius 2 is 1.55 bits per heavy atom. The summed E-state index contributed by atoms with van der Waals surface area (Å²) in [4.78, 5) is 4.09. The SMILES string of the molecule is CC(C)(C)[Si](OC1CCC(n2cnc(N)n2)C1)(c1ccccc1)c1ccccc1. The van der Waals surface area contributed by atoms with Crippen molar-refractivity contribution in [2.24, 2.45) is 0 Å². The molecule has 0 amide bonds. The molecule has 0 aliphatic heterocycles. The van der Waals surface area contributed by atoms with E-state index >= 15 is 0 Å². The van der Waals surface area contributed by atoms with E-state index in [0.29, 0.717) is 12.0 Å².